The molecular weight excluding hydrogens is 260 g/mol. The first kappa shape index (κ1) is 15.5. The van der Waals surface area contributed by atoms with Gasteiger partial charge in [-0.2, -0.15) is 0 Å². The van der Waals surface area contributed by atoms with Crippen molar-refractivity contribution in [3.05, 3.63) is 46.3 Å². The van der Waals surface area contributed by atoms with E-state index in [0.717, 1.165) is 5.56 Å². The molecule has 7 nitrogen and oxygen atoms in total. The van der Waals surface area contributed by atoms with Crippen molar-refractivity contribution in [2.45, 2.75) is 25.9 Å². The van der Waals surface area contributed by atoms with Crippen molar-refractivity contribution in [1.82, 2.24) is 5.32 Å². The van der Waals surface area contributed by atoms with E-state index in [9.17, 15) is 9.59 Å². The second-order valence-electron chi connectivity index (χ2n) is 4.03. The molecule has 0 unspecified atom stereocenters. The zero-order chi connectivity index (χ0) is 14.6. The van der Waals surface area contributed by atoms with Crippen molar-refractivity contribution in [1.29, 1.82) is 0 Å². The zero-order valence-electron chi connectivity index (χ0n) is 11.0. The van der Waals surface area contributed by atoms with E-state index in [1.54, 1.807) is 0 Å². The molecule has 2 amide bonds. The van der Waals surface area contributed by atoms with Gasteiger partial charge in [-0.25, -0.2) is 4.79 Å². The number of amides is 2. The molecule has 0 atom stereocenters. The third-order valence-corrected chi connectivity index (χ3v) is 2.46. The Morgan fingerprint density at radius 3 is 2.70 bits per heavy atom. The average Bonchev–Trinajstić information content (AvgIpc) is 2.46. The molecule has 0 aliphatic carbocycles. The van der Waals surface area contributed by atoms with Gasteiger partial charge in [0.1, 0.15) is 6.61 Å². The molecule has 0 saturated carbocycles. The predicted octanol–water partition coefficient (Wildman–Crippen LogP) is 2.92. The summed E-state index contributed by atoms with van der Waals surface area (Å²) in [4.78, 5) is 24.6. The van der Waals surface area contributed by atoms with Gasteiger partial charge in [-0.15, -0.1) is 0 Å². The zero-order valence-corrected chi connectivity index (χ0v) is 11.0. The molecule has 1 aromatic carbocycles. The van der Waals surface area contributed by atoms with E-state index in [1.807, 2.05) is 30.3 Å². The molecule has 1 aromatic rings. The summed E-state index contributed by atoms with van der Waals surface area (Å²) >= 11 is 0. The number of ether oxygens (including phenoxy) is 1. The summed E-state index contributed by atoms with van der Waals surface area (Å²) in [5.74, 6) is -0.487. The normalized spacial score (nSPS) is 9.40. The number of benzene rings is 1. The van der Waals surface area contributed by atoms with Crippen LogP contribution in [0.15, 0.2) is 35.4 Å². The number of alkyl carbamates (subject to hydrolysis) is 1. The maximum Gasteiger partial charge on any atom is 0.407 e. The molecule has 0 aliphatic rings. The number of carbonyl (C=O) groups is 2. The van der Waals surface area contributed by atoms with E-state index in [1.165, 1.54) is 0 Å². The number of azide groups is 1. The van der Waals surface area contributed by atoms with Gasteiger partial charge in [0, 0.05) is 17.9 Å². The Hall–Kier alpha value is -2.53. The molecule has 0 aromatic heterocycles. The topological polar surface area (TPSA) is 104 Å². The Kier molecular flexibility index (Phi) is 7.30. The molecule has 0 bridgehead atoms. The average molecular weight is 276 g/mol. The van der Waals surface area contributed by atoms with Crippen LogP contribution in [0.5, 0.6) is 0 Å². The van der Waals surface area contributed by atoms with Crippen LogP contribution >= 0.6 is 0 Å². The summed E-state index contributed by atoms with van der Waals surface area (Å²) in [6, 6.07) is 9.37. The van der Waals surface area contributed by atoms with E-state index >= 15 is 0 Å². The fourth-order valence-corrected chi connectivity index (χ4v) is 1.47. The van der Waals surface area contributed by atoms with Gasteiger partial charge in [0.15, 0.2) is 0 Å². The fraction of sp³-hybridized carbons (Fsp3) is 0.385. The molecule has 0 aliphatic heterocycles. The lowest BCUT2D eigenvalue weighted by Crippen LogP contribution is -2.25. The van der Waals surface area contributed by atoms with E-state index < -0.39 is 12.0 Å². The van der Waals surface area contributed by atoms with Gasteiger partial charge >= 0.3 is 6.09 Å². The van der Waals surface area contributed by atoms with Crippen LogP contribution in [0.4, 0.5) is 4.79 Å². The van der Waals surface area contributed by atoms with Gasteiger partial charge < -0.3 is 10.1 Å². The summed E-state index contributed by atoms with van der Waals surface area (Å²) in [6.07, 6.45) is 0.865. The molecule has 1 rings (SSSR count). The number of carbonyl (C=O) groups excluding carboxylic acids is 2. The minimum absolute atomic E-state index is 0.185. The molecule has 0 radical (unpaired) electrons. The lowest BCUT2D eigenvalue weighted by atomic mass is 10.2. The molecule has 106 valence electrons. The molecule has 1 N–H and O–H groups in total. The van der Waals surface area contributed by atoms with Crippen LogP contribution < -0.4 is 5.32 Å². The first-order chi connectivity index (χ1) is 9.72. The summed E-state index contributed by atoms with van der Waals surface area (Å²) < 4.78 is 5.01. The molecule has 20 heavy (non-hydrogen) atoms. The van der Waals surface area contributed by atoms with Gasteiger partial charge in [-0.1, -0.05) is 30.3 Å². The Labute approximate surface area is 116 Å². The lowest BCUT2D eigenvalue weighted by molar-refractivity contribution is -0.118. The Balaban J connectivity index is 2.06. The van der Waals surface area contributed by atoms with Crippen LogP contribution in [0, 0.1) is 0 Å². The van der Waals surface area contributed by atoms with Gasteiger partial charge in [0.2, 0.25) is 5.91 Å². The second kappa shape index (κ2) is 9.41. The Bertz CT molecular complexity index is 484. The van der Waals surface area contributed by atoms with E-state index in [0.29, 0.717) is 19.4 Å². The highest BCUT2D eigenvalue weighted by Gasteiger charge is 2.02. The standard InChI is InChI=1S/C13H16N4O3/c14-17-16-12(18)8-4-5-9-15-13(19)20-10-11-6-2-1-3-7-11/h1-3,6-7H,4-5,8-10H2,(H,15,19). The summed E-state index contributed by atoms with van der Waals surface area (Å²) in [5, 5.41) is 5.53. The number of nitrogens with zero attached hydrogens (tertiary/aromatic N) is 3. The number of rotatable bonds is 7. The van der Waals surface area contributed by atoms with Crippen molar-refractivity contribution in [2.75, 3.05) is 6.54 Å². The lowest BCUT2D eigenvalue weighted by Gasteiger charge is -2.06. The van der Waals surface area contributed by atoms with Gasteiger partial charge in [-0.05, 0) is 29.1 Å². The van der Waals surface area contributed by atoms with Crippen molar-refractivity contribution < 1.29 is 14.3 Å². The fourth-order valence-electron chi connectivity index (χ4n) is 1.47. The first-order valence-electron chi connectivity index (χ1n) is 6.25. The smallest absolute Gasteiger partial charge is 0.407 e. The number of hydrogen-bond acceptors (Lipinski definition) is 3. The van der Waals surface area contributed by atoms with Crippen molar-refractivity contribution >= 4 is 12.0 Å². The highest BCUT2D eigenvalue weighted by atomic mass is 16.5. The van der Waals surface area contributed by atoms with Crippen molar-refractivity contribution in [2.24, 2.45) is 5.11 Å². The van der Waals surface area contributed by atoms with E-state index in [-0.39, 0.29) is 13.0 Å². The van der Waals surface area contributed by atoms with Crippen LogP contribution in [-0.2, 0) is 16.1 Å². The Morgan fingerprint density at radius 1 is 1.25 bits per heavy atom. The molecule has 0 heterocycles. The highest BCUT2D eigenvalue weighted by Crippen LogP contribution is 2.01. The summed E-state index contributed by atoms with van der Waals surface area (Å²) in [6.45, 7) is 0.638. The maximum absolute atomic E-state index is 11.3. The van der Waals surface area contributed by atoms with E-state index in [4.69, 9.17) is 10.3 Å². The van der Waals surface area contributed by atoms with Crippen LogP contribution in [-0.4, -0.2) is 18.5 Å². The predicted molar refractivity (Wildman–Crippen MR) is 72.6 cm³/mol. The monoisotopic (exact) mass is 276 g/mol. The minimum Gasteiger partial charge on any atom is -0.445 e. The van der Waals surface area contributed by atoms with Gasteiger partial charge in [0.25, 0.3) is 0 Å². The molecule has 7 heteroatoms. The summed E-state index contributed by atoms with van der Waals surface area (Å²) in [7, 11) is 0. The largest absolute Gasteiger partial charge is 0.445 e. The van der Waals surface area contributed by atoms with Gasteiger partial charge in [-0.3, -0.25) is 4.79 Å². The molecule has 0 saturated heterocycles. The molecular formula is C13H16N4O3. The highest BCUT2D eigenvalue weighted by molar-refractivity contribution is 5.76. The second-order valence-corrected chi connectivity index (χ2v) is 4.03. The van der Waals surface area contributed by atoms with E-state index in [2.05, 4.69) is 15.3 Å². The number of unbranched alkanes of at least 4 members (excludes halogenated alkanes) is 1. The van der Waals surface area contributed by atoms with Crippen LogP contribution in [0.25, 0.3) is 10.4 Å². The maximum atomic E-state index is 11.3. The van der Waals surface area contributed by atoms with Gasteiger partial charge in [0.05, 0.1) is 0 Å². The molecule has 0 spiro atoms. The van der Waals surface area contributed by atoms with Crippen LogP contribution in [0.1, 0.15) is 24.8 Å². The number of hydrogen-bond donors (Lipinski definition) is 1. The Morgan fingerprint density at radius 2 is 2.00 bits per heavy atom. The van der Waals surface area contributed by atoms with Crippen LogP contribution in [0.2, 0.25) is 0 Å². The number of nitrogens with one attached hydrogen (secondary N) is 1. The first-order valence-corrected chi connectivity index (χ1v) is 6.25. The SMILES string of the molecule is [N-]=[N+]=NC(=O)CCCCNC(=O)OCc1ccccc1. The molecule has 0 fully saturated rings. The van der Waals surface area contributed by atoms with Crippen molar-refractivity contribution in [3.8, 4) is 0 Å². The third kappa shape index (κ3) is 7.03. The van der Waals surface area contributed by atoms with Crippen LogP contribution in [0.3, 0.4) is 0 Å². The van der Waals surface area contributed by atoms with Crippen molar-refractivity contribution in [3.63, 3.8) is 0 Å². The summed E-state index contributed by atoms with van der Waals surface area (Å²) in [5.41, 5.74) is 8.95. The minimum atomic E-state index is -0.491. The third-order valence-electron chi connectivity index (χ3n) is 2.46. The quantitative estimate of drug-likeness (QED) is 0.358.